The first-order chi connectivity index (χ1) is 11.6. The minimum atomic E-state index is -2.35. The number of likely N-dealkylation sites (tertiary alicyclic amines) is 1. The van der Waals surface area contributed by atoms with Gasteiger partial charge in [0.25, 0.3) is 0 Å². The van der Waals surface area contributed by atoms with E-state index in [4.69, 9.17) is 4.89 Å². The summed E-state index contributed by atoms with van der Waals surface area (Å²) >= 11 is 0. The van der Waals surface area contributed by atoms with Gasteiger partial charge in [0, 0.05) is 24.1 Å². The van der Waals surface area contributed by atoms with Crippen LogP contribution in [0.1, 0.15) is 90.9 Å². The lowest BCUT2D eigenvalue weighted by Gasteiger charge is -2.14. The quantitative estimate of drug-likeness (QED) is 0.361. The van der Waals surface area contributed by atoms with Crippen molar-refractivity contribution in [3.63, 3.8) is 0 Å². The van der Waals surface area contributed by atoms with E-state index in [0.717, 1.165) is 25.9 Å². The zero-order chi connectivity index (χ0) is 18.0. The molecule has 1 N–H and O–H groups in total. The second kappa shape index (κ2) is 17.3. The summed E-state index contributed by atoms with van der Waals surface area (Å²) in [6.45, 7) is 6.24. The van der Waals surface area contributed by atoms with Crippen molar-refractivity contribution in [2.75, 3.05) is 19.7 Å². The van der Waals surface area contributed by atoms with Crippen molar-refractivity contribution in [3.8, 4) is 0 Å². The van der Waals surface area contributed by atoms with E-state index in [0.29, 0.717) is 12.5 Å². The molecule has 0 aromatic heterocycles. The SMILES string of the molecule is CCCCCCCCCCCCN1CCCC1=O.CCO[P+](=O)O. The summed E-state index contributed by atoms with van der Waals surface area (Å²) in [4.78, 5) is 21.3. The summed E-state index contributed by atoms with van der Waals surface area (Å²) in [7, 11) is -2.35. The lowest BCUT2D eigenvalue weighted by atomic mass is 10.1. The van der Waals surface area contributed by atoms with Crippen LogP contribution in [-0.2, 0) is 13.9 Å². The number of carbonyl (C=O) groups excluding carboxylic acids is 1. The van der Waals surface area contributed by atoms with Crippen molar-refractivity contribution in [3.05, 3.63) is 0 Å². The van der Waals surface area contributed by atoms with E-state index < -0.39 is 8.25 Å². The Morgan fingerprint density at radius 3 is 1.92 bits per heavy atom. The molecule has 0 bridgehead atoms. The van der Waals surface area contributed by atoms with Gasteiger partial charge in [0.2, 0.25) is 5.91 Å². The second-order valence-electron chi connectivity index (χ2n) is 6.32. The fourth-order valence-corrected chi connectivity index (χ4v) is 3.06. The first kappa shape index (κ1) is 23.5. The maximum atomic E-state index is 11.4. The Kier molecular flexibility index (Phi) is 16.9. The molecule has 0 aromatic rings. The van der Waals surface area contributed by atoms with Crippen LogP contribution in [0.2, 0.25) is 0 Å². The average molecular weight is 362 g/mol. The maximum Gasteiger partial charge on any atom is 0.694 e. The molecule has 1 aliphatic rings. The highest BCUT2D eigenvalue weighted by atomic mass is 31.1. The lowest BCUT2D eigenvalue weighted by molar-refractivity contribution is -0.127. The summed E-state index contributed by atoms with van der Waals surface area (Å²) in [5.74, 6) is 0.380. The third-order valence-corrected chi connectivity index (χ3v) is 4.67. The molecule has 0 radical (unpaired) electrons. The second-order valence-corrected chi connectivity index (χ2v) is 7.06. The van der Waals surface area contributed by atoms with Gasteiger partial charge in [-0.15, -0.1) is 9.42 Å². The van der Waals surface area contributed by atoms with Gasteiger partial charge in [-0.1, -0.05) is 64.7 Å². The molecule has 6 heteroatoms. The van der Waals surface area contributed by atoms with E-state index in [9.17, 15) is 9.36 Å². The monoisotopic (exact) mass is 362 g/mol. The number of hydrogen-bond donors (Lipinski definition) is 1. The molecule has 1 unspecified atom stereocenters. The Balaban J connectivity index is 0.000000754. The van der Waals surface area contributed by atoms with Crippen molar-refractivity contribution in [1.29, 1.82) is 0 Å². The van der Waals surface area contributed by atoms with Crippen LogP contribution in [0.3, 0.4) is 0 Å². The Morgan fingerprint density at radius 2 is 1.54 bits per heavy atom. The highest BCUT2D eigenvalue weighted by molar-refractivity contribution is 7.32. The van der Waals surface area contributed by atoms with Gasteiger partial charge >= 0.3 is 8.25 Å². The molecule has 1 rings (SSSR count). The minimum Gasteiger partial charge on any atom is -0.343 e. The van der Waals surface area contributed by atoms with E-state index in [1.807, 2.05) is 4.90 Å². The number of unbranched alkanes of at least 4 members (excludes halogenated alkanes) is 9. The van der Waals surface area contributed by atoms with E-state index in [-0.39, 0.29) is 0 Å². The van der Waals surface area contributed by atoms with Crippen LogP contribution in [-0.4, -0.2) is 35.4 Å². The summed E-state index contributed by atoms with van der Waals surface area (Å²) < 4.78 is 13.6. The first-order valence-electron chi connectivity index (χ1n) is 9.68. The molecule has 1 saturated heterocycles. The molecule has 1 fully saturated rings. The highest BCUT2D eigenvalue weighted by Crippen LogP contribution is 2.13. The molecule has 5 nitrogen and oxygen atoms in total. The van der Waals surface area contributed by atoms with Crippen molar-refractivity contribution in [2.24, 2.45) is 0 Å². The molecule has 0 saturated carbocycles. The van der Waals surface area contributed by atoms with Gasteiger partial charge < -0.3 is 4.90 Å². The number of amides is 1. The van der Waals surface area contributed by atoms with Crippen molar-refractivity contribution < 1.29 is 18.8 Å². The van der Waals surface area contributed by atoms with Crippen molar-refractivity contribution in [1.82, 2.24) is 4.90 Å². The molecular formula is C18H37NO4P+. The topological polar surface area (TPSA) is 66.8 Å². The molecule has 0 spiro atoms. The predicted molar refractivity (Wildman–Crippen MR) is 99.1 cm³/mol. The molecule has 1 aliphatic heterocycles. The maximum absolute atomic E-state index is 11.4. The standard InChI is InChI=1S/C16H31NO.C2H5O3P/c1-2-3-4-5-6-7-8-9-10-11-14-17-15-12-13-16(17)18;1-2-5-6(3)4/h2-15H2,1H3;2H2,1H3/p+1. The van der Waals surface area contributed by atoms with Crippen LogP contribution in [0, 0.1) is 0 Å². The molecule has 1 amide bonds. The third kappa shape index (κ3) is 15.0. The number of hydrogen-bond acceptors (Lipinski definition) is 3. The van der Waals surface area contributed by atoms with Crippen LogP contribution in [0.15, 0.2) is 0 Å². The summed E-state index contributed by atoms with van der Waals surface area (Å²) in [5, 5.41) is 0. The van der Waals surface area contributed by atoms with Gasteiger partial charge in [0.1, 0.15) is 6.61 Å². The van der Waals surface area contributed by atoms with E-state index >= 15 is 0 Å². The Bertz CT molecular complexity index is 326. The van der Waals surface area contributed by atoms with Crippen LogP contribution in [0.4, 0.5) is 0 Å². The molecule has 0 aromatic carbocycles. The van der Waals surface area contributed by atoms with Crippen LogP contribution in [0.25, 0.3) is 0 Å². The van der Waals surface area contributed by atoms with Gasteiger partial charge in [0.05, 0.1) is 0 Å². The molecular weight excluding hydrogens is 325 g/mol. The van der Waals surface area contributed by atoms with E-state index in [1.165, 1.54) is 64.2 Å². The molecule has 1 atom stereocenters. The number of rotatable bonds is 13. The van der Waals surface area contributed by atoms with Crippen LogP contribution < -0.4 is 0 Å². The summed E-state index contributed by atoms with van der Waals surface area (Å²) in [6.07, 6.45) is 15.6. The lowest BCUT2D eigenvalue weighted by Crippen LogP contribution is -2.25. The summed E-state index contributed by atoms with van der Waals surface area (Å²) in [6, 6.07) is 0. The number of carbonyl (C=O) groups is 1. The van der Waals surface area contributed by atoms with Gasteiger partial charge in [-0.3, -0.25) is 4.79 Å². The Morgan fingerprint density at radius 1 is 1.00 bits per heavy atom. The fourth-order valence-electron chi connectivity index (χ4n) is 2.84. The van der Waals surface area contributed by atoms with E-state index in [2.05, 4.69) is 11.4 Å². The normalized spacial score (nSPS) is 14.5. The minimum absolute atomic E-state index is 0.297. The van der Waals surface area contributed by atoms with Crippen LogP contribution >= 0.6 is 8.25 Å². The smallest absolute Gasteiger partial charge is 0.343 e. The third-order valence-electron chi connectivity index (χ3n) is 4.19. The Hall–Kier alpha value is -0.510. The van der Waals surface area contributed by atoms with Gasteiger partial charge in [-0.05, 0) is 19.8 Å². The van der Waals surface area contributed by atoms with Crippen molar-refractivity contribution in [2.45, 2.75) is 90.9 Å². The van der Waals surface area contributed by atoms with E-state index in [1.54, 1.807) is 6.92 Å². The van der Waals surface area contributed by atoms with Crippen LogP contribution in [0.5, 0.6) is 0 Å². The predicted octanol–water partition coefficient (Wildman–Crippen LogP) is 5.20. The highest BCUT2D eigenvalue weighted by Gasteiger charge is 2.18. The zero-order valence-corrected chi connectivity index (χ0v) is 16.6. The van der Waals surface area contributed by atoms with Gasteiger partial charge in [0.15, 0.2) is 0 Å². The number of nitrogens with zero attached hydrogens (tertiary/aromatic N) is 1. The average Bonchev–Trinajstić information content (AvgIpc) is 2.95. The fraction of sp³-hybridized carbons (Fsp3) is 0.944. The van der Waals surface area contributed by atoms with Crippen molar-refractivity contribution >= 4 is 14.2 Å². The summed E-state index contributed by atoms with van der Waals surface area (Å²) in [5.41, 5.74) is 0. The molecule has 0 aliphatic carbocycles. The van der Waals surface area contributed by atoms with Gasteiger partial charge in [-0.25, -0.2) is 0 Å². The van der Waals surface area contributed by atoms with Gasteiger partial charge in [-0.2, -0.15) is 0 Å². The Labute approximate surface area is 149 Å². The molecule has 142 valence electrons. The first-order valence-corrected chi connectivity index (χ1v) is 10.8. The zero-order valence-electron chi connectivity index (χ0n) is 15.7. The molecule has 24 heavy (non-hydrogen) atoms. The molecule has 1 heterocycles. The largest absolute Gasteiger partial charge is 0.694 e.